The van der Waals surface area contributed by atoms with Crippen LogP contribution < -0.4 is 5.69 Å². The van der Waals surface area contributed by atoms with Gasteiger partial charge in [0.2, 0.25) is 0 Å². The molecule has 0 amide bonds. The molecule has 3 aromatic heterocycles. The molecule has 1 aliphatic heterocycles. The van der Waals surface area contributed by atoms with Crippen LogP contribution in [0.1, 0.15) is 51.5 Å². The van der Waals surface area contributed by atoms with Crippen molar-refractivity contribution in [1.82, 2.24) is 29.2 Å². The van der Waals surface area contributed by atoms with E-state index in [0.717, 1.165) is 65.7 Å². The summed E-state index contributed by atoms with van der Waals surface area (Å²) in [6.07, 6.45) is 3.65. The molecule has 192 valence electrons. The molecule has 1 aromatic carbocycles. The zero-order chi connectivity index (χ0) is 26.1. The number of pyridine rings is 1. The number of aromatic nitrogens is 5. The molecule has 0 aliphatic carbocycles. The van der Waals surface area contributed by atoms with Crippen LogP contribution in [0.2, 0.25) is 0 Å². The van der Waals surface area contributed by atoms with Gasteiger partial charge in [0.15, 0.2) is 5.65 Å². The number of likely N-dealkylation sites (tertiary alicyclic amines) is 1. The largest absolute Gasteiger partial charge is 0.371 e. The molecule has 0 saturated carbocycles. The topological polar surface area (TPSA) is 102 Å². The van der Waals surface area contributed by atoms with Gasteiger partial charge in [0, 0.05) is 42.7 Å². The summed E-state index contributed by atoms with van der Waals surface area (Å²) < 4.78 is 9.40. The molecule has 5 rings (SSSR count). The Labute approximate surface area is 216 Å². The van der Waals surface area contributed by atoms with Crippen LogP contribution in [0.5, 0.6) is 0 Å². The number of hydrogen-bond donors (Lipinski definition) is 0. The van der Waals surface area contributed by atoms with Crippen molar-refractivity contribution in [1.29, 1.82) is 5.26 Å². The minimum atomic E-state index is -0.109. The van der Waals surface area contributed by atoms with Gasteiger partial charge >= 0.3 is 5.69 Å². The van der Waals surface area contributed by atoms with Gasteiger partial charge in [-0.05, 0) is 70.5 Å². The van der Waals surface area contributed by atoms with Crippen LogP contribution in [0.4, 0.5) is 0 Å². The number of ether oxygens (including phenoxy) is 1. The Kier molecular flexibility index (Phi) is 7.04. The zero-order valence-corrected chi connectivity index (χ0v) is 21.9. The first-order valence-electron chi connectivity index (χ1n) is 12.9. The van der Waals surface area contributed by atoms with Gasteiger partial charge in [-0.25, -0.2) is 4.79 Å². The van der Waals surface area contributed by atoms with Crippen molar-refractivity contribution in [2.24, 2.45) is 13.0 Å². The maximum absolute atomic E-state index is 12.8. The van der Waals surface area contributed by atoms with E-state index in [1.54, 1.807) is 16.2 Å². The predicted octanol–water partition coefficient (Wildman–Crippen LogP) is 4.24. The highest BCUT2D eigenvalue weighted by Crippen LogP contribution is 2.29. The molecule has 1 fully saturated rings. The second-order valence-corrected chi connectivity index (χ2v) is 10.1. The Balaban J connectivity index is 1.32. The minimum Gasteiger partial charge on any atom is -0.371 e. The lowest BCUT2D eigenvalue weighted by molar-refractivity contribution is 0.0402. The van der Waals surface area contributed by atoms with Gasteiger partial charge in [-0.1, -0.05) is 12.1 Å². The smallest absolute Gasteiger partial charge is 0.330 e. The number of hydrogen-bond acceptors (Lipinski definition) is 7. The standard InChI is InChI=1S/C28H33N7O2/c1-18(2)35-26-23-15-21(5-8-25(23)31-32-27(26)33(4)28(35)36)22-6-7-24(30-17-22)19(3)37-14-13-34-11-9-20(16-29)10-12-34/h5-8,15,17-20H,9-14H2,1-4H3/t19-/m1/s1. The highest BCUT2D eigenvalue weighted by atomic mass is 16.5. The van der Waals surface area contributed by atoms with E-state index in [0.29, 0.717) is 12.3 Å². The van der Waals surface area contributed by atoms with Gasteiger partial charge in [-0.15, -0.1) is 10.2 Å². The van der Waals surface area contributed by atoms with Gasteiger partial charge in [0.05, 0.1) is 30.0 Å². The highest BCUT2D eigenvalue weighted by molar-refractivity contribution is 6.02. The van der Waals surface area contributed by atoms with E-state index in [4.69, 9.17) is 10.00 Å². The van der Waals surface area contributed by atoms with Crippen LogP contribution >= 0.6 is 0 Å². The zero-order valence-electron chi connectivity index (χ0n) is 21.9. The highest BCUT2D eigenvalue weighted by Gasteiger charge is 2.20. The van der Waals surface area contributed by atoms with Gasteiger partial charge in [-0.2, -0.15) is 5.26 Å². The van der Waals surface area contributed by atoms with E-state index in [2.05, 4.69) is 38.3 Å². The molecule has 37 heavy (non-hydrogen) atoms. The SMILES string of the molecule is CC(C)n1c(=O)n(C)c2nnc3ccc(-c4ccc([C@@H](C)OCCN5CCC(C#N)CC5)nc4)cc3c21. The minimum absolute atomic E-state index is 0.000859. The number of rotatable bonds is 7. The summed E-state index contributed by atoms with van der Waals surface area (Å²) >= 11 is 0. The van der Waals surface area contributed by atoms with Crippen molar-refractivity contribution in [3.63, 3.8) is 0 Å². The predicted molar refractivity (Wildman–Crippen MR) is 143 cm³/mol. The van der Waals surface area contributed by atoms with Crippen molar-refractivity contribution in [2.45, 2.75) is 45.8 Å². The van der Waals surface area contributed by atoms with E-state index in [1.807, 2.05) is 45.2 Å². The van der Waals surface area contributed by atoms with E-state index in [1.165, 1.54) is 0 Å². The maximum Gasteiger partial charge on any atom is 0.330 e. The molecular weight excluding hydrogens is 466 g/mol. The van der Waals surface area contributed by atoms with Gasteiger partial charge in [0.1, 0.15) is 5.52 Å². The molecule has 9 heteroatoms. The van der Waals surface area contributed by atoms with E-state index < -0.39 is 0 Å². The van der Waals surface area contributed by atoms with Crippen molar-refractivity contribution in [2.75, 3.05) is 26.2 Å². The number of nitrogens with zero attached hydrogens (tertiary/aromatic N) is 7. The number of piperidine rings is 1. The Bertz CT molecular complexity index is 1510. The van der Waals surface area contributed by atoms with Crippen LogP contribution in [0, 0.1) is 17.2 Å². The van der Waals surface area contributed by atoms with Crippen LogP contribution in [0.25, 0.3) is 33.2 Å². The average molecular weight is 500 g/mol. The molecule has 0 bridgehead atoms. The van der Waals surface area contributed by atoms with E-state index in [9.17, 15) is 4.79 Å². The number of aryl methyl sites for hydroxylation is 1. The van der Waals surface area contributed by atoms with Gasteiger partial charge in [-0.3, -0.25) is 14.1 Å². The molecule has 0 radical (unpaired) electrons. The summed E-state index contributed by atoms with van der Waals surface area (Å²) in [5.41, 5.74) is 4.91. The first-order chi connectivity index (χ1) is 17.9. The van der Waals surface area contributed by atoms with Crippen LogP contribution in [-0.4, -0.2) is 55.5 Å². The second kappa shape index (κ2) is 10.4. The third-order valence-electron chi connectivity index (χ3n) is 7.37. The normalized spacial score (nSPS) is 16.0. The molecule has 1 aliphatic rings. The lowest BCUT2D eigenvalue weighted by Gasteiger charge is -2.29. The molecule has 0 spiro atoms. The molecule has 9 nitrogen and oxygen atoms in total. The lowest BCUT2D eigenvalue weighted by atomic mass is 9.99. The van der Waals surface area contributed by atoms with Crippen molar-refractivity contribution in [3.05, 3.63) is 52.7 Å². The summed E-state index contributed by atoms with van der Waals surface area (Å²) in [6.45, 7) is 9.45. The Morgan fingerprint density at radius 3 is 2.54 bits per heavy atom. The monoisotopic (exact) mass is 499 g/mol. The van der Waals surface area contributed by atoms with Crippen LogP contribution in [0.3, 0.4) is 0 Å². The van der Waals surface area contributed by atoms with E-state index in [-0.39, 0.29) is 23.8 Å². The molecule has 0 N–H and O–H groups in total. The van der Waals surface area contributed by atoms with Crippen LogP contribution in [0.15, 0.2) is 41.3 Å². The quantitative estimate of drug-likeness (QED) is 0.375. The van der Waals surface area contributed by atoms with Crippen molar-refractivity contribution in [3.8, 4) is 17.2 Å². The van der Waals surface area contributed by atoms with Gasteiger partial charge in [0.25, 0.3) is 0 Å². The third kappa shape index (κ3) is 4.87. The Morgan fingerprint density at radius 2 is 1.86 bits per heavy atom. The summed E-state index contributed by atoms with van der Waals surface area (Å²) in [6, 6.07) is 12.5. The second-order valence-electron chi connectivity index (χ2n) is 10.1. The molecule has 0 unspecified atom stereocenters. The molecule has 1 saturated heterocycles. The van der Waals surface area contributed by atoms with Crippen LogP contribution in [-0.2, 0) is 11.8 Å². The average Bonchev–Trinajstić information content (AvgIpc) is 3.19. The Hall–Kier alpha value is -3.61. The number of benzene rings is 1. The number of imidazole rings is 1. The summed E-state index contributed by atoms with van der Waals surface area (Å²) in [5.74, 6) is 0.202. The fourth-order valence-electron chi connectivity index (χ4n) is 5.10. The first-order valence-corrected chi connectivity index (χ1v) is 12.9. The fourth-order valence-corrected chi connectivity index (χ4v) is 5.10. The Morgan fingerprint density at radius 1 is 1.11 bits per heavy atom. The van der Waals surface area contributed by atoms with E-state index >= 15 is 0 Å². The third-order valence-corrected chi connectivity index (χ3v) is 7.37. The maximum atomic E-state index is 12.8. The molecule has 4 aromatic rings. The first kappa shape index (κ1) is 25.1. The molecule has 4 heterocycles. The molecule has 1 atom stereocenters. The van der Waals surface area contributed by atoms with Crippen molar-refractivity contribution < 1.29 is 4.74 Å². The summed E-state index contributed by atoms with van der Waals surface area (Å²) in [5, 5.41) is 18.6. The summed E-state index contributed by atoms with van der Waals surface area (Å²) in [7, 11) is 1.73. The lowest BCUT2D eigenvalue weighted by Crippen LogP contribution is -2.35. The fraction of sp³-hybridized carbons (Fsp3) is 0.464. The number of fused-ring (bicyclic) bond motifs is 3. The number of nitriles is 1. The summed E-state index contributed by atoms with van der Waals surface area (Å²) in [4.78, 5) is 19.9. The molecular formula is C28H33N7O2. The van der Waals surface area contributed by atoms with Crippen molar-refractivity contribution >= 4 is 22.1 Å². The van der Waals surface area contributed by atoms with Gasteiger partial charge < -0.3 is 9.64 Å².